The molecule has 0 radical (unpaired) electrons. The molecule has 0 amide bonds. The Morgan fingerprint density at radius 2 is 1.73 bits per heavy atom. The highest BCUT2D eigenvalue weighted by atomic mass is 19.1. The molecule has 5 heterocycles. The minimum atomic E-state index is -0.322. The van der Waals surface area contributed by atoms with Gasteiger partial charge in [-0.05, 0) is 81.2 Å². The molecule has 4 aromatic heterocycles. The first-order valence-electron chi connectivity index (χ1n) is 11.6. The second-order valence-electron chi connectivity index (χ2n) is 9.69. The highest BCUT2D eigenvalue weighted by molar-refractivity contribution is 5.75. The highest BCUT2D eigenvalue weighted by Crippen LogP contribution is 2.45. The van der Waals surface area contributed by atoms with E-state index in [1.54, 1.807) is 25.4 Å². The molecule has 4 aromatic rings. The van der Waals surface area contributed by atoms with E-state index in [0.717, 1.165) is 61.5 Å². The Morgan fingerprint density at radius 3 is 2.55 bits per heavy atom. The summed E-state index contributed by atoms with van der Waals surface area (Å²) in [4.78, 5) is 15.9. The minimum Gasteiger partial charge on any atom is -0.355 e. The maximum Gasteiger partial charge on any atom is 0.155 e. The topological polar surface area (TPSA) is 59.2 Å². The molecule has 1 fully saturated rings. The van der Waals surface area contributed by atoms with Gasteiger partial charge in [0.2, 0.25) is 0 Å². The van der Waals surface area contributed by atoms with E-state index >= 15 is 0 Å². The van der Waals surface area contributed by atoms with Gasteiger partial charge in [0, 0.05) is 36.7 Å². The lowest BCUT2D eigenvalue weighted by Crippen LogP contribution is -2.41. The number of piperidine rings is 1. The SMILES string of the molecule is Cc1cc2c(cn1)CC1(CCN(c3nc(C)c(-c4ccnc(C)c4F)n4nccc34)CC1)C2. The lowest BCUT2D eigenvalue weighted by molar-refractivity contribution is 0.232. The van der Waals surface area contributed by atoms with Crippen molar-refractivity contribution in [2.24, 2.45) is 5.41 Å². The third-order valence-corrected chi connectivity index (χ3v) is 7.49. The van der Waals surface area contributed by atoms with Gasteiger partial charge in [0.1, 0.15) is 5.52 Å². The third kappa shape index (κ3) is 3.21. The molecule has 6 rings (SSSR count). The monoisotopic (exact) mass is 442 g/mol. The number of hydrogen-bond acceptors (Lipinski definition) is 5. The maximum atomic E-state index is 14.9. The summed E-state index contributed by atoms with van der Waals surface area (Å²) >= 11 is 0. The van der Waals surface area contributed by atoms with Gasteiger partial charge in [-0.2, -0.15) is 5.10 Å². The molecular weight excluding hydrogens is 415 g/mol. The molecule has 0 atom stereocenters. The van der Waals surface area contributed by atoms with Gasteiger partial charge in [-0.15, -0.1) is 0 Å². The molecule has 7 heteroatoms. The van der Waals surface area contributed by atoms with E-state index in [0.29, 0.717) is 22.4 Å². The number of fused-ring (bicyclic) bond motifs is 2. The van der Waals surface area contributed by atoms with Crippen molar-refractivity contribution < 1.29 is 4.39 Å². The smallest absolute Gasteiger partial charge is 0.155 e. The Kier molecular flexibility index (Phi) is 4.50. The molecule has 0 unspecified atom stereocenters. The van der Waals surface area contributed by atoms with Crippen molar-refractivity contribution >= 4 is 11.3 Å². The number of pyridine rings is 2. The van der Waals surface area contributed by atoms with E-state index in [9.17, 15) is 4.39 Å². The van der Waals surface area contributed by atoms with Crippen LogP contribution in [0, 0.1) is 32.0 Å². The van der Waals surface area contributed by atoms with Crippen LogP contribution in [0.25, 0.3) is 16.8 Å². The minimum absolute atomic E-state index is 0.322. The van der Waals surface area contributed by atoms with Crippen LogP contribution < -0.4 is 4.90 Å². The van der Waals surface area contributed by atoms with Crippen LogP contribution in [0.3, 0.4) is 0 Å². The predicted octanol–water partition coefficient (Wildman–Crippen LogP) is 4.64. The molecule has 33 heavy (non-hydrogen) atoms. The summed E-state index contributed by atoms with van der Waals surface area (Å²) in [5.74, 6) is 0.611. The number of nitrogens with zero attached hydrogens (tertiary/aromatic N) is 6. The molecule has 2 aliphatic rings. The van der Waals surface area contributed by atoms with Gasteiger partial charge >= 0.3 is 0 Å². The average Bonchev–Trinajstić information content (AvgIpc) is 3.41. The standard InChI is InChI=1S/C26H27FN6/c1-16-12-19-13-26(14-20(19)15-29-16)6-10-32(11-7-26)25-22-5-9-30-33(22)24(18(3)31-25)21-4-8-28-17(2)23(21)27/h4-5,8-9,12,15H,6-7,10-11,13-14H2,1-3H3. The first kappa shape index (κ1) is 20.3. The van der Waals surface area contributed by atoms with Crippen LogP contribution in [0.4, 0.5) is 10.2 Å². The fourth-order valence-electron chi connectivity index (χ4n) is 5.73. The number of anilines is 1. The Bertz CT molecular complexity index is 1380. The Morgan fingerprint density at radius 1 is 0.939 bits per heavy atom. The zero-order valence-electron chi connectivity index (χ0n) is 19.3. The van der Waals surface area contributed by atoms with E-state index in [1.165, 1.54) is 11.1 Å². The van der Waals surface area contributed by atoms with E-state index < -0.39 is 0 Å². The van der Waals surface area contributed by atoms with Gasteiger partial charge in [0.15, 0.2) is 11.6 Å². The highest BCUT2D eigenvalue weighted by Gasteiger charge is 2.40. The summed E-state index contributed by atoms with van der Waals surface area (Å²) in [6.45, 7) is 7.59. The summed E-state index contributed by atoms with van der Waals surface area (Å²) in [7, 11) is 0. The van der Waals surface area contributed by atoms with Crippen molar-refractivity contribution in [3.63, 3.8) is 0 Å². The average molecular weight is 443 g/mol. The van der Waals surface area contributed by atoms with Crippen molar-refractivity contribution in [3.8, 4) is 11.3 Å². The molecule has 0 bridgehead atoms. The summed E-state index contributed by atoms with van der Waals surface area (Å²) < 4.78 is 16.8. The van der Waals surface area contributed by atoms with E-state index in [4.69, 9.17) is 4.98 Å². The predicted molar refractivity (Wildman–Crippen MR) is 126 cm³/mol. The van der Waals surface area contributed by atoms with Crippen molar-refractivity contribution in [1.82, 2.24) is 24.6 Å². The number of aryl methyl sites for hydroxylation is 3. The molecule has 1 spiro atoms. The quantitative estimate of drug-likeness (QED) is 0.453. The maximum absolute atomic E-state index is 14.9. The van der Waals surface area contributed by atoms with Crippen molar-refractivity contribution in [1.29, 1.82) is 0 Å². The van der Waals surface area contributed by atoms with Crippen LogP contribution in [0.1, 0.15) is 41.1 Å². The molecule has 1 aliphatic heterocycles. The van der Waals surface area contributed by atoms with Crippen LogP contribution in [-0.4, -0.2) is 37.7 Å². The number of halogens is 1. The molecule has 0 N–H and O–H groups in total. The normalized spacial score (nSPS) is 17.2. The molecule has 168 valence electrons. The van der Waals surface area contributed by atoms with Gasteiger partial charge in [0.25, 0.3) is 0 Å². The Hall–Kier alpha value is -3.35. The summed E-state index contributed by atoms with van der Waals surface area (Å²) in [6, 6.07) is 5.93. The van der Waals surface area contributed by atoms with Gasteiger partial charge in [-0.25, -0.2) is 13.9 Å². The second kappa shape index (κ2) is 7.33. The first-order valence-corrected chi connectivity index (χ1v) is 11.6. The molecule has 1 aliphatic carbocycles. The van der Waals surface area contributed by atoms with Crippen LogP contribution in [0.5, 0.6) is 0 Å². The fraction of sp³-hybridized carbons (Fsp3) is 0.385. The van der Waals surface area contributed by atoms with E-state index in [2.05, 4.69) is 39.2 Å². The summed E-state index contributed by atoms with van der Waals surface area (Å²) in [5, 5.41) is 4.54. The largest absolute Gasteiger partial charge is 0.355 e. The zero-order valence-corrected chi connectivity index (χ0v) is 19.3. The second-order valence-corrected chi connectivity index (χ2v) is 9.69. The number of rotatable bonds is 2. The first-order chi connectivity index (χ1) is 15.9. The molecular formula is C26H27FN6. The molecule has 0 aromatic carbocycles. The van der Waals surface area contributed by atoms with Gasteiger partial charge in [0.05, 0.1) is 23.3 Å². The van der Waals surface area contributed by atoms with Gasteiger partial charge in [-0.3, -0.25) is 9.97 Å². The number of aromatic nitrogens is 5. The van der Waals surface area contributed by atoms with Crippen LogP contribution in [0.2, 0.25) is 0 Å². The lowest BCUT2D eigenvalue weighted by atomic mass is 9.76. The third-order valence-electron chi connectivity index (χ3n) is 7.49. The number of hydrogen-bond donors (Lipinski definition) is 0. The zero-order chi connectivity index (χ0) is 22.7. The summed E-state index contributed by atoms with van der Waals surface area (Å²) in [5.41, 5.74) is 7.55. The Balaban J connectivity index is 1.32. The summed E-state index contributed by atoms with van der Waals surface area (Å²) in [6.07, 6.45) is 10.0. The van der Waals surface area contributed by atoms with Crippen molar-refractivity contribution in [2.45, 2.75) is 46.5 Å². The van der Waals surface area contributed by atoms with E-state index in [-0.39, 0.29) is 5.82 Å². The lowest BCUT2D eigenvalue weighted by Gasteiger charge is -2.40. The van der Waals surface area contributed by atoms with E-state index in [1.807, 2.05) is 17.5 Å². The fourth-order valence-corrected chi connectivity index (χ4v) is 5.73. The van der Waals surface area contributed by atoms with Crippen LogP contribution >= 0.6 is 0 Å². The van der Waals surface area contributed by atoms with Crippen LogP contribution in [0.15, 0.2) is 36.8 Å². The Labute approximate surface area is 192 Å². The van der Waals surface area contributed by atoms with Gasteiger partial charge in [-0.1, -0.05) is 0 Å². The van der Waals surface area contributed by atoms with Crippen molar-refractivity contribution in [3.05, 3.63) is 70.8 Å². The molecule has 1 saturated heterocycles. The molecule has 0 saturated carbocycles. The van der Waals surface area contributed by atoms with Gasteiger partial charge < -0.3 is 4.90 Å². The molecule has 6 nitrogen and oxygen atoms in total. The van der Waals surface area contributed by atoms with Crippen LogP contribution in [-0.2, 0) is 12.8 Å². The van der Waals surface area contributed by atoms with Crippen molar-refractivity contribution in [2.75, 3.05) is 18.0 Å².